The SMILES string of the molecule is CCOc1ccc(CNc2ccc(F)c(C(N)=O)c2)cc1. The van der Waals surface area contributed by atoms with Crippen molar-refractivity contribution >= 4 is 11.6 Å². The number of carbonyl (C=O) groups excluding carboxylic acids is 1. The molecule has 0 saturated carbocycles. The minimum absolute atomic E-state index is 0.119. The molecule has 0 fully saturated rings. The topological polar surface area (TPSA) is 64.3 Å². The number of carbonyl (C=O) groups is 1. The average Bonchev–Trinajstić information content (AvgIpc) is 2.48. The van der Waals surface area contributed by atoms with E-state index in [-0.39, 0.29) is 5.56 Å². The molecule has 0 aliphatic heterocycles. The first kappa shape index (κ1) is 14.8. The highest BCUT2D eigenvalue weighted by atomic mass is 19.1. The van der Waals surface area contributed by atoms with Crippen LogP contribution < -0.4 is 15.8 Å². The van der Waals surface area contributed by atoms with E-state index in [1.165, 1.54) is 12.1 Å². The average molecular weight is 288 g/mol. The maximum atomic E-state index is 13.4. The Labute approximate surface area is 122 Å². The van der Waals surface area contributed by atoms with Crippen LogP contribution in [0.4, 0.5) is 10.1 Å². The molecule has 110 valence electrons. The summed E-state index contributed by atoms with van der Waals surface area (Å²) in [6.45, 7) is 3.11. The fraction of sp³-hybridized carbons (Fsp3) is 0.188. The first-order valence-electron chi connectivity index (χ1n) is 6.65. The van der Waals surface area contributed by atoms with Crippen molar-refractivity contribution in [3.05, 3.63) is 59.4 Å². The van der Waals surface area contributed by atoms with Gasteiger partial charge in [0, 0.05) is 12.2 Å². The first-order chi connectivity index (χ1) is 10.1. The van der Waals surface area contributed by atoms with Gasteiger partial charge in [-0.3, -0.25) is 4.79 Å². The number of halogens is 1. The Morgan fingerprint density at radius 2 is 1.95 bits per heavy atom. The lowest BCUT2D eigenvalue weighted by molar-refractivity contribution is 0.0996. The van der Waals surface area contributed by atoms with Gasteiger partial charge in [-0.1, -0.05) is 12.1 Å². The summed E-state index contributed by atoms with van der Waals surface area (Å²) in [5, 5.41) is 3.12. The second kappa shape index (κ2) is 6.74. The molecular weight excluding hydrogens is 271 g/mol. The molecule has 3 N–H and O–H groups in total. The highest BCUT2D eigenvalue weighted by Crippen LogP contribution is 2.17. The summed E-state index contributed by atoms with van der Waals surface area (Å²) < 4.78 is 18.7. The standard InChI is InChI=1S/C16H17FN2O2/c1-2-21-13-6-3-11(4-7-13)10-19-12-5-8-15(17)14(9-12)16(18)20/h3-9,19H,2,10H2,1H3,(H2,18,20). The zero-order valence-corrected chi connectivity index (χ0v) is 11.7. The molecule has 0 aliphatic rings. The summed E-state index contributed by atoms with van der Waals surface area (Å²) in [6, 6.07) is 11.9. The molecule has 0 aromatic heterocycles. The van der Waals surface area contributed by atoms with E-state index in [9.17, 15) is 9.18 Å². The van der Waals surface area contributed by atoms with E-state index in [2.05, 4.69) is 5.32 Å². The highest BCUT2D eigenvalue weighted by Gasteiger charge is 2.08. The Balaban J connectivity index is 2.02. The molecule has 0 spiro atoms. The van der Waals surface area contributed by atoms with Crippen LogP contribution in [0.25, 0.3) is 0 Å². The summed E-state index contributed by atoms with van der Waals surface area (Å²) in [4.78, 5) is 11.1. The van der Waals surface area contributed by atoms with Gasteiger partial charge in [0.15, 0.2) is 0 Å². The molecule has 5 heteroatoms. The smallest absolute Gasteiger partial charge is 0.251 e. The number of benzene rings is 2. The summed E-state index contributed by atoms with van der Waals surface area (Å²) in [5.74, 6) is -0.578. The molecule has 2 aromatic rings. The molecular formula is C16H17FN2O2. The maximum absolute atomic E-state index is 13.4. The zero-order chi connectivity index (χ0) is 15.2. The molecule has 2 aromatic carbocycles. The van der Waals surface area contributed by atoms with E-state index < -0.39 is 11.7 Å². The van der Waals surface area contributed by atoms with Crippen LogP contribution in [-0.4, -0.2) is 12.5 Å². The minimum atomic E-state index is -0.780. The van der Waals surface area contributed by atoms with Crippen LogP contribution in [0, 0.1) is 5.82 Å². The minimum Gasteiger partial charge on any atom is -0.494 e. The van der Waals surface area contributed by atoms with Gasteiger partial charge in [-0.25, -0.2) is 4.39 Å². The second-order valence-electron chi connectivity index (χ2n) is 4.49. The fourth-order valence-corrected chi connectivity index (χ4v) is 1.90. The molecule has 0 heterocycles. The highest BCUT2D eigenvalue weighted by molar-refractivity contribution is 5.94. The second-order valence-corrected chi connectivity index (χ2v) is 4.49. The van der Waals surface area contributed by atoms with Crippen molar-refractivity contribution in [2.75, 3.05) is 11.9 Å². The Morgan fingerprint density at radius 3 is 2.57 bits per heavy atom. The number of anilines is 1. The van der Waals surface area contributed by atoms with Gasteiger partial charge in [0.1, 0.15) is 11.6 Å². The van der Waals surface area contributed by atoms with Gasteiger partial charge in [-0.2, -0.15) is 0 Å². The van der Waals surface area contributed by atoms with E-state index in [1.807, 2.05) is 31.2 Å². The summed E-state index contributed by atoms with van der Waals surface area (Å²) in [7, 11) is 0. The number of nitrogens with one attached hydrogen (secondary N) is 1. The van der Waals surface area contributed by atoms with Gasteiger partial charge < -0.3 is 15.8 Å². The van der Waals surface area contributed by atoms with E-state index in [0.29, 0.717) is 18.8 Å². The Bertz CT molecular complexity index is 627. The largest absolute Gasteiger partial charge is 0.494 e. The van der Waals surface area contributed by atoms with Gasteiger partial charge in [0.2, 0.25) is 0 Å². The lowest BCUT2D eigenvalue weighted by Crippen LogP contribution is -2.13. The van der Waals surface area contributed by atoms with Crippen molar-refractivity contribution in [3.8, 4) is 5.75 Å². The Morgan fingerprint density at radius 1 is 1.24 bits per heavy atom. The fourth-order valence-electron chi connectivity index (χ4n) is 1.90. The molecule has 0 unspecified atom stereocenters. The third kappa shape index (κ3) is 3.95. The van der Waals surface area contributed by atoms with Gasteiger partial charge in [-0.15, -0.1) is 0 Å². The maximum Gasteiger partial charge on any atom is 0.251 e. The molecule has 1 amide bonds. The van der Waals surface area contributed by atoms with Crippen molar-refractivity contribution in [2.24, 2.45) is 5.73 Å². The molecule has 0 aliphatic carbocycles. The van der Waals surface area contributed by atoms with Crippen molar-refractivity contribution in [3.63, 3.8) is 0 Å². The number of ether oxygens (including phenoxy) is 1. The molecule has 2 rings (SSSR count). The molecule has 21 heavy (non-hydrogen) atoms. The number of hydrogen-bond donors (Lipinski definition) is 2. The first-order valence-corrected chi connectivity index (χ1v) is 6.65. The van der Waals surface area contributed by atoms with Crippen molar-refractivity contribution in [1.82, 2.24) is 0 Å². The van der Waals surface area contributed by atoms with Crippen LogP contribution >= 0.6 is 0 Å². The van der Waals surface area contributed by atoms with Crippen molar-refractivity contribution in [2.45, 2.75) is 13.5 Å². The lowest BCUT2D eigenvalue weighted by Gasteiger charge is -2.09. The van der Waals surface area contributed by atoms with Gasteiger partial charge in [0.05, 0.1) is 12.2 Å². The molecule has 0 bridgehead atoms. The predicted molar refractivity (Wildman–Crippen MR) is 79.9 cm³/mol. The van der Waals surface area contributed by atoms with Gasteiger partial charge in [0.25, 0.3) is 5.91 Å². The summed E-state index contributed by atoms with van der Waals surface area (Å²) in [6.07, 6.45) is 0. The third-order valence-corrected chi connectivity index (χ3v) is 2.96. The van der Waals surface area contributed by atoms with E-state index in [4.69, 9.17) is 10.5 Å². The Kier molecular flexibility index (Phi) is 4.77. The number of amides is 1. The molecule has 0 atom stereocenters. The molecule has 4 nitrogen and oxygen atoms in total. The number of primary amides is 1. The van der Waals surface area contributed by atoms with Crippen LogP contribution in [-0.2, 0) is 6.54 Å². The van der Waals surface area contributed by atoms with Crippen LogP contribution in [0.3, 0.4) is 0 Å². The molecule has 0 saturated heterocycles. The quantitative estimate of drug-likeness (QED) is 0.859. The van der Waals surface area contributed by atoms with Gasteiger partial charge in [-0.05, 0) is 42.8 Å². The van der Waals surface area contributed by atoms with Crippen LogP contribution in [0.1, 0.15) is 22.8 Å². The lowest BCUT2D eigenvalue weighted by atomic mass is 10.1. The monoisotopic (exact) mass is 288 g/mol. The van der Waals surface area contributed by atoms with Crippen molar-refractivity contribution < 1.29 is 13.9 Å². The third-order valence-electron chi connectivity index (χ3n) is 2.96. The van der Waals surface area contributed by atoms with Crippen LogP contribution in [0.15, 0.2) is 42.5 Å². The van der Waals surface area contributed by atoms with Crippen LogP contribution in [0.5, 0.6) is 5.75 Å². The normalized spacial score (nSPS) is 10.2. The van der Waals surface area contributed by atoms with Gasteiger partial charge >= 0.3 is 0 Å². The molecule has 0 radical (unpaired) electrons. The van der Waals surface area contributed by atoms with Crippen molar-refractivity contribution in [1.29, 1.82) is 0 Å². The van der Waals surface area contributed by atoms with E-state index >= 15 is 0 Å². The number of nitrogens with two attached hydrogens (primary N) is 1. The van der Waals surface area contributed by atoms with Crippen LogP contribution in [0.2, 0.25) is 0 Å². The van der Waals surface area contributed by atoms with E-state index in [0.717, 1.165) is 11.3 Å². The summed E-state index contributed by atoms with van der Waals surface area (Å²) in [5.41, 5.74) is 6.68. The summed E-state index contributed by atoms with van der Waals surface area (Å²) >= 11 is 0. The predicted octanol–water partition coefficient (Wildman–Crippen LogP) is 2.94. The zero-order valence-electron chi connectivity index (χ0n) is 11.7. The number of hydrogen-bond acceptors (Lipinski definition) is 3. The number of rotatable bonds is 6. The Hall–Kier alpha value is -2.56. The van der Waals surface area contributed by atoms with E-state index in [1.54, 1.807) is 6.07 Å².